The molecule has 2 heteroatoms. The molecule has 1 fully saturated rings. The Balaban J connectivity index is 2.36. The molecule has 0 bridgehead atoms. The summed E-state index contributed by atoms with van der Waals surface area (Å²) in [6, 6.07) is 7.02. The minimum absolute atomic E-state index is 0.751. The number of hydrogen-bond acceptors (Lipinski definition) is 0. The Morgan fingerprint density at radius 2 is 2.06 bits per heavy atom. The summed E-state index contributed by atoms with van der Waals surface area (Å²) in [5.41, 5.74) is 2.86. The first-order chi connectivity index (χ1) is 7.72. The van der Waals surface area contributed by atoms with Crippen molar-refractivity contribution in [2.45, 2.75) is 39.2 Å². The molecule has 0 radical (unpaired) electrons. The van der Waals surface area contributed by atoms with E-state index in [1.807, 2.05) is 6.07 Å². The van der Waals surface area contributed by atoms with Gasteiger partial charge in [0.25, 0.3) is 0 Å². The van der Waals surface area contributed by atoms with Gasteiger partial charge in [-0.2, -0.15) is 0 Å². The second-order valence-electron chi connectivity index (χ2n) is 4.68. The highest BCUT2D eigenvalue weighted by atomic mass is 35.5. The van der Waals surface area contributed by atoms with Crippen molar-refractivity contribution in [3.63, 3.8) is 0 Å². The zero-order chi connectivity index (χ0) is 11.3. The van der Waals surface area contributed by atoms with Gasteiger partial charge in [0, 0.05) is 33.2 Å². The normalized spacial score (nSPS) is 15.9. The van der Waals surface area contributed by atoms with Crippen molar-refractivity contribution in [1.82, 2.24) is 4.57 Å². The van der Waals surface area contributed by atoms with Crippen LogP contribution in [0.4, 0.5) is 0 Å². The van der Waals surface area contributed by atoms with Crippen LogP contribution in [0.2, 0.25) is 5.02 Å². The zero-order valence-electron chi connectivity index (χ0n) is 9.76. The number of halogens is 1. The number of rotatable bonds is 2. The molecule has 1 nitrogen and oxygen atoms in total. The van der Waals surface area contributed by atoms with Crippen LogP contribution >= 0.6 is 11.6 Å². The maximum absolute atomic E-state index is 6.10. The molecule has 1 aromatic heterocycles. The fourth-order valence-electron chi connectivity index (χ4n) is 2.72. The van der Waals surface area contributed by atoms with E-state index in [1.54, 1.807) is 0 Å². The first-order valence-electron chi connectivity index (χ1n) is 6.01. The fourth-order valence-corrected chi connectivity index (χ4v) is 2.89. The summed E-state index contributed by atoms with van der Waals surface area (Å²) in [5, 5.41) is 3.56. The van der Waals surface area contributed by atoms with Gasteiger partial charge in [-0.3, -0.25) is 0 Å². The van der Waals surface area contributed by atoms with E-state index in [0.29, 0.717) is 0 Å². The molecule has 0 saturated heterocycles. The fraction of sp³-hybridized carbons (Fsp3) is 0.429. The van der Waals surface area contributed by atoms with Crippen molar-refractivity contribution in [1.29, 1.82) is 0 Å². The van der Waals surface area contributed by atoms with Gasteiger partial charge in [-0.1, -0.05) is 24.6 Å². The summed E-state index contributed by atoms with van der Waals surface area (Å²) in [7, 11) is 0. The van der Waals surface area contributed by atoms with Gasteiger partial charge in [-0.15, -0.1) is 0 Å². The summed E-state index contributed by atoms with van der Waals surface area (Å²) >= 11 is 6.10. The van der Waals surface area contributed by atoms with Crippen molar-refractivity contribution in [3.05, 3.63) is 34.6 Å². The van der Waals surface area contributed by atoms with Crippen LogP contribution in [0.1, 0.15) is 37.2 Å². The lowest BCUT2D eigenvalue weighted by Crippen LogP contribution is -2.01. The minimum Gasteiger partial charge on any atom is -0.345 e. The lowest BCUT2D eigenvalue weighted by atomic mass is 10.1. The van der Waals surface area contributed by atoms with Gasteiger partial charge >= 0.3 is 0 Å². The first kappa shape index (κ1) is 10.2. The number of nitrogens with zero attached hydrogens (tertiary/aromatic N) is 1. The third kappa shape index (κ3) is 1.38. The lowest BCUT2D eigenvalue weighted by molar-refractivity contribution is 0.686. The van der Waals surface area contributed by atoms with Crippen molar-refractivity contribution >= 4 is 22.4 Å². The van der Waals surface area contributed by atoms with Gasteiger partial charge in [0.05, 0.1) is 0 Å². The van der Waals surface area contributed by atoms with Crippen molar-refractivity contribution in [2.75, 3.05) is 0 Å². The second kappa shape index (κ2) is 3.53. The molecule has 1 aliphatic rings. The van der Waals surface area contributed by atoms with E-state index < -0.39 is 0 Å². The van der Waals surface area contributed by atoms with Crippen LogP contribution in [-0.4, -0.2) is 4.57 Å². The van der Waals surface area contributed by atoms with E-state index in [4.69, 9.17) is 11.6 Å². The van der Waals surface area contributed by atoms with E-state index >= 15 is 0 Å². The molecule has 0 aliphatic heterocycles. The average Bonchev–Trinajstić information content (AvgIpc) is 3.05. The number of benzene rings is 1. The van der Waals surface area contributed by atoms with Gasteiger partial charge in [-0.05, 0) is 38.3 Å². The Hall–Kier alpha value is -0.950. The average molecular weight is 234 g/mol. The molecule has 0 amide bonds. The molecule has 1 aliphatic carbocycles. The maximum Gasteiger partial charge on any atom is 0.0413 e. The molecule has 3 rings (SSSR count). The standard InChI is InChI=1S/C14H16ClN/c1-3-14-13-8-10(15)4-7-12(13)9(2)16(14)11-5-6-11/h4,7-8,11H,3,5-6H2,1-2H3. The Morgan fingerprint density at radius 1 is 1.31 bits per heavy atom. The highest BCUT2D eigenvalue weighted by Gasteiger charge is 2.28. The quantitative estimate of drug-likeness (QED) is 0.720. The second-order valence-corrected chi connectivity index (χ2v) is 5.11. The van der Waals surface area contributed by atoms with Crippen LogP contribution in [0.15, 0.2) is 18.2 Å². The molecule has 0 unspecified atom stereocenters. The van der Waals surface area contributed by atoms with Crippen molar-refractivity contribution < 1.29 is 0 Å². The monoisotopic (exact) mass is 233 g/mol. The summed E-state index contributed by atoms with van der Waals surface area (Å²) in [6.07, 6.45) is 3.76. The Kier molecular flexibility index (Phi) is 2.25. The number of hydrogen-bond donors (Lipinski definition) is 0. The van der Waals surface area contributed by atoms with Crippen molar-refractivity contribution in [2.24, 2.45) is 0 Å². The molecule has 0 atom stereocenters. The maximum atomic E-state index is 6.10. The van der Waals surface area contributed by atoms with Crippen LogP contribution < -0.4 is 0 Å². The largest absolute Gasteiger partial charge is 0.345 e. The van der Waals surface area contributed by atoms with Crippen LogP contribution in [-0.2, 0) is 6.42 Å². The predicted octanol–water partition coefficient (Wildman–Crippen LogP) is 4.50. The van der Waals surface area contributed by atoms with Crippen LogP contribution in [0, 0.1) is 6.92 Å². The molecule has 0 spiro atoms. The van der Waals surface area contributed by atoms with E-state index in [2.05, 4.69) is 30.5 Å². The number of aromatic nitrogens is 1. The number of aryl methyl sites for hydroxylation is 2. The molecule has 1 heterocycles. The summed E-state index contributed by atoms with van der Waals surface area (Å²) in [4.78, 5) is 0. The summed E-state index contributed by atoms with van der Waals surface area (Å²) in [6.45, 7) is 4.46. The highest BCUT2D eigenvalue weighted by Crippen LogP contribution is 2.41. The van der Waals surface area contributed by atoms with E-state index in [9.17, 15) is 0 Å². The number of fused-ring (bicyclic) bond motifs is 1. The molecule has 0 N–H and O–H groups in total. The zero-order valence-corrected chi connectivity index (χ0v) is 10.5. The molecule has 1 saturated carbocycles. The van der Waals surface area contributed by atoms with E-state index in [1.165, 1.54) is 35.0 Å². The first-order valence-corrected chi connectivity index (χ1v) is 6.39. The third-order valence-corrected chi connectivity index (χ3v) is 3.82. The van der Waals surface area contributed by atoms with E-state index in [-0.39, 0.29) is 0 Å². The smallest absolute Gasteiger partial charge is 0.0413 e. The Labute approximate surface area is 101 Å². The topological polar surface area (TPSA) is 4.93 Å². The summed E-state index contributed by atoms with van der Waals surface area (Å²) < 4.78 is 2.53. The molecule has 16 heavy (non-hydrogen) atoms. The van der Waals surface area contributed by atoms with E-state index in [0.717, 1.165) is 17.5 Å². The molecule has 2 aromatic rings. The van der Waals surface area contributed by atoms with Gasteiger partial charge < -0.3 is 4.57 Å². The van der Waals surface area contributed by atoms with Gasteiger partial charge in [0.15, 0.2) is 0 Å². The van der Waals surface area contributed by atoms with Gasteiger partial charge in [0.1, 0.15) is 0 Å². The molecule has 1 aromatic carbocycles. The third-order valence-electron chi connectivity index (χ3n) is 3.58. The SMILES string of the molecule is CCc1c2cc(Cl)ccc2c(C)n1C1CC1. The molecule has 84 valence electrons. The molecular formula is C14H16ClN. The minimum atomic E-state index is 0.751. The van der Waals surface area contributed by atoms with Gasteiger partial charge in [-0.25, -0.2) is 0 Å². The predicted molar refractivity (Wildman–Crippen MR) is 69.3 cm³/mol. The summed E-state index contributed by atoms with van der Waals surface area (Å²) in [5.74, 6) is 0. The van der Waals surface area contributed by atoms with Crippen LogP contribution in [0.25, 0.3) is 10.8 Å². The highest BCUT2D eigenvalue weighted by molar-refractivity contribution is 6.31. The van der Waals surface area contributed by atoms with Gasteiger partial charge in [0.2, 0.25) is 0 Å². The molecular weight excluding hydrogens is 218 g/mol. The van der Waals surface area contributed by atoms with Crippen LogP contribution in [0.3, 0.4) is 0 Å². The Bertz CT molecular complexity index is 549. The Morgan fingerprint density at radius 3 is 2.69 bits per heavy atom. The van der Waals surface area contributed by atoms with Crippen molar-refractivity contribution in [3.8, 4) is 0 Å². The van der Waals surface area contributed by atoms with Crippen LogP contribution in [0.5, 0.6) is 0 Å². The lowest BCUT2D eigenvalue weighted by Gasteiger charge is -2.08.